The SMILES string of the molecule is CCCC1CC(C(C)[C@H](C)C2(N)CCCC2)CCC1CC. The van der Waals surface area contributed by atoms with E-state index in [1.807, 2.05) is 0 Å². The molecular weight excluding hydrogens is 254 g/mol. The fourth-order valence-electron chi connectivity index (χ4n) is 5.52. The van der Waals surface area contributed by atoms with Crippen molar-refractivity contribution >= 4 is 0 Å². The van der Waals surface area contributed by atoms with E-state index in [1.165, 1.54) is 64.2 Å². The summed E-state index contributed by atoms with van der Waals surface area (Å²) in [5, 5.41) is 0. The molecule has 2 aliphatic rings. The predicted molar refractivity (Wildman–Crippen MR) is 93.2 cm³/mol. The molecule has 124 valence electrons. The second-order valence-corrected chi connectivity index (χ2v) is 8.38. The summed E-state index contributed by atoms with van der Waals surface area (Å²) in [6, 6.07) is 0. The highest BCUT2D eigenvalue weighted by atomic mass is 14.8. The molecular formula is C20H39N. The molecule has 0 spiro atoms. The van der Waals surface area contributed by atoms with Crippen LogP contribution in [0.2, 0.25) is 0 Å². The third kappa shape index (κ3) is 3.84. The highest BCUT2D eigenvalue weighted by molar-refractivity contribution is 4.97. The number of hydrogen-bond acceptors (Lipinski definition) is 1. The van der Waals surface area contributed by atoms with Gasteiger partial charge in [-0.15, -0.1) is 0 Å². The molecule has 0 radical (unpaired) electrons. The van der Waals surface area contributed by atoms with E-state index in [1.54, 1.807) is 0 Å². The van der Waals surface area contributed by atoms with Gasteiger partial charge in [0, 0.05) is 5.54 Å². The molecule has 2 saturated carbocycles. The van der Waals surface area contributed by atoms with Crippen molar-refractivity contribution in [3.63, 3.8) is 0 Å². The van der Waals surface area contributed by atoms with Gasteiger partial charge in [-0.05, 0) is 61.7 Å². The summed E-state index contributed by atoms with van der Waals surface area (Å²) in [4.78, 5) is 0. The second kappa shape index (κ2) is 7.49. The predicted octanol–water partition coefficient (Wildman–Crippen LogP) is 5.77. The fraction of sp³-hybridized carbons (Fsp3) is 1.00. The fourth-order valence-corrected chi connectivity index (χ4v) is 5.52. The van der Waals surface area contributed by atoms with Crippen LogP contribution in [-0.4, -0.2) is 5.54 Å². The lowest BCUT2D eigenvalue weighted by atomic mass is 9.63. The van der Waals surface area contributed by atoms with Crippen LogP contribution < -0.4 is 5.73 Å². The largest absolute Gasteiger partial charge is 0.325 e. The molecule has 0 bridgehead atoms. The Morgan fingerprint density at radius 2 is 1.71 bits per heavy atom. The van der Waals surface area contributed by atoms with E-state index >= 15 is 0 Å². The van der Waals surface area contributed by atoms with E-state index < -0.39 is 0 Å². The first-order valence-corrected chi connectivity index (χ1v) is 9.80. The van der Waals surface area contributed by atoms with Crippen molar-refractivity contribution in [2.24, 2.45) is 35.3 Å². The summed E-state index contributed by atoms with van der Waals surface area (Å²) in [5.74, 6) is 4.43. The summed E-state index contributed by atoms with van der Waals surface area (Å²) >= 11 is 0. The quantitative estimate of drug-likeness (QED) is 0.660. The first-order valence-electron chi connectivity index (χ1n) is 9.80. The Balaban J connectivity index is 1.97. The summed E-state index contributed by atoms with van der Waals surface area (Å²) < 4.78 is 0. The minimum Gasteiger partial charge on any atom is -0.325 e. The molecule has 2 fully saturated rings. The molecule has 2 N–H and O–H groups in total. The zero-order valence-corrected chi connectivity index (χ0v) is 15.0. The Bertz CT molecular complexity index is 305. The van der Waals surface area contributed by atoms with E-state index in [-0.39, 0.29) is 5.54 Å². The molecule has 1 nitrogen and oxygen atoms in total. The lowest BCUT2D eigenvalue weighted by Gasteiger charge is -2.44. The zero-order chi connectivity index (χ0) is 15.5. The van der Waals surface area contributed by atoms with Crippen LogP contribution in [0, 0.1) is 29.6 Å². The summed E-state index contributed by atoms with van der Waals surface area (Å²) in [6.45, 7) is 9.72. The van der Waals surface area contributed by atoms with Gasteiger partial charge in [0.25, 0.3) is 0 Å². The average molecular weight is 294 g/mol. The Morgan fingerprint density at radius 1 is 1.05 bits per heavy atom. The van der Waals surface area contributed by atoms with Crippen LogP contribution in [0.5, 0.6) is 0 Å². The van der Waals surface area contributed by atoms with Crippen molar-refractivity contribution < 1.29 is 0 Å². The molecule has 1 heteroatoms. The number of hydrogen-bond donors (Lipinski definition) is 1. The van der Waals surface area contributed by atoms with Gasteiger partial charge in [-0.3, -0.25) is 0 Å². The molecule has 0 aromatic heterocycles. The van der Waals surface area contributed by atoms with Crippen molar-refractivity contribution in [3.8, 4) is 0 Å². The zero-order valence-electron chi connectivity index (χ0n) is 15.0. The van der Waals surface area contributed by atoms with Gasteiger partial charge in [0.2, 0.25) is 0 Å². The maximum atomic E-state index is 6.76. The third-order valence-corrected chi connectivity index (χ3v) is 7.34. The first-order chi connectivity index (χ1) is 10.0. The molecule has 5 atom stereocenters. The van der Waals surface area contributed by atoms with Crippen LogP contribution >= 0.6 is 0 Å². The van der Waals surface area contributed by atoms with E-state index in [0.717, 1.165) is 23.7 Å². The normalized spacial score (nSPS) is 35.6. The summed E-state index contributed by atoms with van der Waals surface area (Å²) in [5.41, 5.74) is 6.91. The highest BCUT2D eigenvalue weighted by Crippen LogP contribution is 2.46. The van der Waals surface area contributed by atoms with Gasteiger partial charge in [-0.2, -0.15) is 0 Å². The van der Waals surface area contributed by atoms with Crippen LogP contribution in [0.25, 0.3) is 0 Å². The van der Waals surface area contributed by atoms with Crippen LogP contribution in [0.1, 0.15) is 91.9 Å². The van der Waals surface area contributed by atoms with Gasteiger partial charge in [0.1, 0.15) is 0 Å². The van der Waals surface area contributed by atoms with Gasteiger partial charge in [0.05, 0.1) is 0 Å². The van der Waals surface area contributed by atoms with Gasteiger partial charge in [-0.25, -0.2) is 0 Å². The average Bonchev–Trinajstić information content (AvgIpc) is 2.94. The Kier molecular flexibility index (Phi) is 6.17. The van der Waals surface area contributed by atoms with Crippen LogP contribution in [0.15, 0.2) is 0 Å². The highest BCUT2D eigenvalue weighted by Gasteiger charge is 2.41. The lowest BCUT2D eigenvalue weighted by molar-refractivity contribution is 0.0827. The summed E-state index contributed by atoms with van der Waals surface area (Å²) in [7, 11) is 0. The lowest BCUT2D eigenvalue weighted by Crippen LogP contribution is -2.47. The van der Waals surface area contributed by atoms with E-state index in [2.05, 4.69) is 27.7 Å². The molecule has 0 aromatic carbocycles. The van der Waals surface area contributed by atoms with Crippen molar-refractivity contribution in [1.29, 1.82) is 0 Å². The van der Waals surface area contributed by atoms with Crippen molar-refractivity contribution in [1.82, 2.24) is 0 Å². The minimum atomic E-state index is 0.154. The number of rotatable bonds is 6. The van der Waals surface area contributed by atoms with Gasteiger partial charge >= 0.3 is 0 Å². The molecule has 21 heavy (non-hydrogen) atoms. The van der Waals surface area contributed by atoms with E-state index in [9.17, 15) is 0 Å². The van der Waals surface area contributed by atoms with Crippen molar-refractivity contribution in [2.45, 2.75) is 97.4 Å². The van der Waals surface area contributed by atoms with Crippen LogP contribution in [0.3, 0.4) is 0 Å². The molecule has 0 heterocycles. The topological polar surface area (TPSA) is 26.0 Å². The molecule has 0 amide bonds. The van der Waals surface area contributed by atoms with Crippen molar-refractivity contribution in [2.75, 3.05) is 0 Å². The molecule has 2 rings (SSSR count). The molecule has 4 unspecified atom stereocenters. The van der Waals surface area contributed by atoms with Crippen LogP contribution in [0.4, 0.5) is 0 Å². The molecule has 2 aliphatic carbocycles. The Labute approximate surface area is 133 Å². The summed E-state index contributed by atoms with van der Waals surface area (Å²) in [6.07, 6.45) is 13.9. The van der Waals surface area contributed by atoms with Crippen molar-refractivity contribution in [3.05, 3.63) is 0 Å². The molecule has 0 saturated heterocycles. The van der Waals surface area contributed by atoms with Gasteiger partial charge in [0.15, 0.2) is 0 Å². The maximum absolute atomic E-state index is 6.76. The standard InChI is InChI=1S/C20H39N/c1-5-9-19-14-18(11-10-17(19)6-2)15(3)16(4)20(21)12-7-8-13-20/h15-19H,5-14,21H2,1-4H3/t15?,16-,17?,18?,19?/m0/s1. The Hall–Kier alpha value is -0.0400. The Morgan fingerprint density at radius 3 is 2.29 bits per heavy atom. The molecule has 0 aromatic rings. The van der Waals surface area contributed by atoms with E-state index in [4.69, 9.17) is 5.73 Å². The third-order valence-electron chi connectivity index (χ3n) is 7.34. The van der Waals surface area contributed by atoms with Gasteiger partial charge < -0.3 is 5.73 Å². The first kappa shape index (κ1) is 17.3. The minimum absolute atomic E-state index is 0.154. The van der Waals surface area contributed by atoms with E-state index in [0.29, 0.717) is 5.92 Å². The maximum Gasteiger partial charge on any atom is 0.0182 e. The molecule has 0 aliphatic heterocycles. The second-order valence-electron chi connectivity index (χ2n) is 8.38. The smallest absolute Gasteiger partial charge is 0.0182 e. The van der Waals surface area contributed by atoms with Gasteiger partial charge in [-0.1, -0.05) is 59.8 Å². The van der Waals surface area contributed by atoms with Crippen LogP contribution in [-0.2, 0) is 0 Å². The monoisotopic (exact) mass is 293 g/mol. The number of nitrogens with two attached hydrogens (primary N) is 1.